The lowest BCUT2D eigenvalue weighted by Crippen LogP contribution is -2.11. The summed E-state index contributed by atoms with van der Waals surface area (Å²) >= 11 is 0. The van der Waals surface area contributed by atoms with Crippen LogP contribution in [0.5, 0.6) is 5.75 Å². The van der Waals surface area contributed by atoms with Crippen molar-refractivity contribution in [3.63, 3.8) is 0 Å². The molecule has 3 aromatic rings. The monoisotopic (exact) mass is 416 g/mol. The number of methoxy groups -OCH3 is 1. The quantitative estimate of drug-likeness (QED) is 0.339. The maximum atomic E-state index is 5.89. The third kappa shape index (κ3) is 5.72. The smallest absolute Gasteiger partial charge is 0.221 e. The van der Waals surface area contributed by atoms with Crippen LogP contribution in [0.2, 0.25) is 0 Å². The average molecular weight is 417 g/mol. The molecule has 3 rings (SSSR count). The number of benzene rings is 3. The van der Waals surface area contributed by atoms with Gasteiger partial charge in [-0.15, -0.1) is 0 Å². The van der Waals surface area contributed by atoms with Crippen LogP contribution in [0.3, 0.4) is 0 Å². The topological polar surface area (TPSA) is 52.4 Å². The summed E-state index contributed by atoms with van der Waals surface area (Å²) in [5.74, 6) is 1.76. The molecule has 0 radical (unpaired) electrons. The van der Waals surface area contributed by atoms with Crippen LogP contribution in [-0.2, 0) is 9.47 Å². The standard InChI is InChI=1S/C26H28N2O3/c1-5-30-25(27-22-15-8-7-12-19(22)3)20-13-11-14-21(18-20)26(31-6-2)28-23-16-9-10-17-24(23)29-4/h7-18H,5-6H2,1-4H3/b27-25-,28-26-. The zero-order valence-electron chi connectivity index (χ0n) is 18.5. The molecule has 0 aromatic heterocycles. The van der Waals surface area contributed by atoms with E-state index in [1.807, 2.05) is 93.6 Å². The van der Waals surface area contributed by atoms with E-state index >= 15 is 0 Å². The predicted molar refractivity (Wildman–Crippen MR) is 126 cm³/mol. The molecule has 0 saturated heterocycles. The van der Waals surface area contributed by atoms with Gasteiger partial charge < -0.3 is 14.2 Å². The lowest BCUT2D eigenvalue weighted by Gasteiger charge is -2.12. The zero-order valence-corrected chi connectivity index (χ0v) is 18.5. The molecular formula is C26H28N2O3. The molecule has 0 fully saturated rings. The van der Waals surface area contributed by atoms with Crippen LogP contribution in [0.15, 0.2) is 82.8 Å². The Hall–Kier alpha value is -3.60. The number of ether oxygens (including phenoxy) is 3. The van der Waals surface area contributed by atoms with Crippen molar-refractivity contribution in [2.24, 2.45) is 9.98 Å². The van der Waals surface area contributed by atoms with Crippen molar-refractivity contribution in [3.8, 4) is 5.75 Å². The first-order valence-electron chi connectivity index (χ1n) is 10.4. The molecule has 0 unspecified atom stereocenters. The molecule has 0 spiro atoms. The molecule has 0 aliphatic carbocycles. The average Bonchev–Trinajstić information content (AvgIpc) is 2.80. The van der Waals surface area contributed by atoms with E-state index in [0.717, 1.165) is 22.4 Å². The number of rotatable bonds is 7. The number of hydrogen-bond acceptors (Lipinski definition) is 5. The van der Waals surface area contributed by atoms with Gasteiger partial charge in [-0.1, -0.05) is 36.4 Å². The molecule has 0 saturated carbocycles. The molecule has 0 aliphatic rings. The fourth-order valence-electron chi connectivity index (χ4n) is 3.05. The largest absolute Gasteiger partial charge is 0.494 e. The van der Waals surface area contributed by atoms with E-state index in [1.54, 1.807) is 7.11 Å². The van der Waals surface area contributed by atoms with Crippen LogP contribution in [0.4, 0.5) is 11.4 Å². The highest BCUT2D eigenvalue weighted by atomic mass is 16.5. The van der Waals surface area contributed by atoms with Crippen molar-refractivity contribution < 1.29 is 14.2 Å². The first-order valence-corrected chi connectivity index (χ1v) is 10.4. The highest BCUT2D eigenvalue weighted by Gasteiger charge is 2.12. The number of aryl methyl sites for hydroxylation is 1. The summed E-state index contributed by atoms with van der Waals surface area (Å²) in [7, 11) is 1.63. The second-order valence-electron chi connectivity index (χ2n) is 6.74. The summed E-state index contributed by atoms with van der Waals surface area (Å²) in [6.07, 6.45) is 0. The normalized spacial score (nSPS) is 11.9. The molecule has 5 heteroatoms. The van der Waals surface area contributed by atoms with Crippen LogP contribution in [-0.4, -0.2) is 32.1 Å². The van der Waals surface area contributed by atoms with Crippen molar-refractivity contribution in [2.75, 3.05) is 20.3 Å². The molecule has 5 nitrogen and oxygen atoms in total. The third-order valence-corrected chi connectivity index (χ3v) is 4.56. The van der Waals surface area contributed by atoms with E-state index in [4.69, 9.17) is 24.2 Å². The molecule has 0 bridgehead atoms. The Morgan fingerprint density at radius 2 is 1.26 bits per heavy atom. The van der Waals surface area contributed by atoms with Crippen molar-refractivity contribution in [3.05, 3.63) is 89.5 Å². The Morgan fingerprint density at radius 1 is 0.710 bits per heavy atom. The fraction of sp³-hybridized carbons (Fsp3) is 0.231. The minimum Gasteiger partial charge on any atom is -0.494 e. The van der Waals surface area contributed by atoms with Crippen LogP contribution in [0.1, 0.15) is 30.5 Å². The predicted octanol–water partition coefficient (Wildman–Crippen LogP) is 6.23. The van der Waals surface area contributed by atoms with Gasteiger partial charge in [-0.05, 0) is 62.7 Å². The van der Waals surface area contributed by atoms with Gasteiger partial charge in [0.15, 0.2) is 0 Å². The summed E-state index contributed by atoms with van der Waals surface area (Å²) < 4.78 is 17.2. The number of para-hydroxylation sites is 3. The number of nitrogens with zero attached hydrogens (tertiary/aromatic N) is 2. The van der Waals surface area contributed by atoms with Crippen molar-refractivity contribution in [2.45, 2.75) is 20.8 Å². The number of hydrogen-bond donors (Lipinski definition) is 0. The summed E-state index contributed by atoms with van der Waals surface area (Å²) in [4.78, 5) is 9.49. The molecule has 3 aromatic carbocycles. The first-order chi connectivity index (χ1) is 15.2. The van der Waals surface area contributed by atoms with Gasteiger partial charge in [-0.2, -0.15) is 0 Å². The van der Waals surface area contributed by atoms with Gasteiger partial charge in [0.05, 0.1) is 26.0 Å². The van der Waals surface area contributed by atoms with Crippen molar-refractivity contribution in [1.29, 1.82) is 0 Å². The third-order valence-electron chi connectivity index (χ3n) is 4.56. The van der Waals surface area contributed by atoms with Crippen molar-refractivity contribution in [1.82, 2.24) is 0 Å². The van der Waals surface area contributed by atoms with E-state index in [-0.39, 0.29) is 0 Å². The molecule has 0 atom stereocenters. The van der Waals surface area contributed by atoms with Crippen LogP contribution in [0, 0.1) is 6.92 Å². The van der Waals surface area contributed by atoms with E-state index < -0.39 is 0 Å². The molecule has 0 heterocycles. The molecule has 0 N–H and O–H groups in total. The van der Waals surface area contributed by atoms with Crippen LogP contribution in [0.25, 0.3) is 0 Å². The summed E-state index contributed by atoms with van der Waals surface area (Å²) in [6, 6.07) is 23.5. The van der Waals surface area contributed by atoms with E-state index in [1.165, 1.54) is 0 Å². The van der Waals surface area contributed by atoms with Gasteiger partial charge in [0.25, 0.3) is 0 Å². The fourth-order valence-corrected chi connectivity index (χ4v) is 3.05. The van der Waals surface area contributed by atoms with Crippen LogP contribution >= 0.6 is 0 Å². The minimum absolute atomic E-state index is 0.494. The Bertz CT molecular complexity index is 1070. The van der Waals surface area contributed by atoms with Crippen molar-refractivity contribution >= 4 is 23.2 Å². The molecule has 31 heavy (non-hydrogen) atoms. The van der Waals surface area contributed by atoms with Gasteiger partial charge in [0.2, 0.25) is 11.8 Å². The highest BCUT2D eigenvalue weighted by molar-refractivity contribution is 6.01. The highest BCUT2D eigenvalue weighted by Crippen LogP contribution is 2.27. The maximum absolute atomic E-state index is 5.89. The second-order valence-corrected chi connectivity index (χ2v) is 6.74. The maximum Gasteiger partial charge on any atom is 0.221 e. The van der Waals surface area contributed by atoms with E-state index in [0.29, 0.717) is 36.4 Å². The Labute approximate surface area is 184 Å². The van der Waals surface area contributed by atoms with E-state index in [9.17, 15) is 0 Å². The van der Waals surface area contributed by atoms with Gasteiger partial charge in [0, 0.05) is 11.1 Å². The molecular weight excluding hydrogens is 388 g/mol. The van der Waals surface area contributed by atoms with Gasteiger partial charge in [-0.25, -0.2) is 9.98 Å². The second kappa shape index (κ2) is 11.0. The van der Waals surface area contributed by atoms with Gasteiger partial charge >= 0.3 is 0 Å². The number of aliphatic imine (C=N–C) groups is 2. The van der Waals surface area contributed by atoms with Gasteiger partial charge in [-0.3, -0.25) is 0 Å². The Kier molecular flexibility index (Phi) is 7.82. The Morgan fingerprint density at radius 3 is 1.84 bits per heavy atom. The molecule has 0 aliphatic heterocycles. The van der Waals surface area contributed by atoms with Crippen LogP contribution < -0.4 is 4.74 Å². The van der Waals surface area contributed by atoms with Gasteiger partial charge in [0.1, 0.15) is 11.4 Å². The Balaban J connectivity index is 2.04. The summed E-state index contributed by atoms with van der Waals surface area (Å²) in [6.45, 7) is 6.93. The lowest BCUT2D eigenvalue weighted by atomic mass is 10.1. The molecule has 160 valence electrons. The summed E-state index contributed by atoms with van der Waals surface area (Å²) in [5, 5.41) is 0. The minimum atomic E-state index is 0.494. The summed E-state index contributed by atoms with van der Waals surface area (Å²) in [5.41, 5.74) is 4.36. The lowest BCUT2D eigenvalue weighted by molar-refractivity contribution is 0.327. The zero-order chi connectivity index (χ0) is 22.1. The molecule has 0 amide bonds. The van der Waals surface area contributed by atoms with E-state index in [2.05, 4.69) is 0 Å². The first kappa shape index (κ1) is 22.1. The SMILES string of the molecule is CCO/C(=N\c1ccccc1C)c1cccc(/C(=N/c2ccccc2OC)OCC)c1.